The van der Waals surface area contributed by atoms with Crippen molar-refractivity contribution < 1.29 is 0 Å². The summed E-state index contributed by atoms with van der Waals surface area (Å²) in [6, 6.07) is 8.75. The van der Waals surface area contributed by atoms with E-state index in [1.54, 1.807) is 5.57 Å². The van der Waals surface area contributed by atoms with Crippen LogP contribution in [0.4, 0.5) is 0 Å². The highest BCUT2D eigenvalue weighted by molar-refractivity contribution is 5.63. The van der Waals surface area contributed by atoms with Crippen LogP contribution in [-0.2, 0) is 6.42 Å². The molecule has 0 heterocycles. The third-order valence-corrected chi connectivity index (χ3v) is 3.29. The Kier molecular flexibility index (Phi) is 3.61. The van der Waals surface area contributed by atoms with Crippen LogP contribution < -0.4 is 0 Å². The van der Waals surface area contributed by atoms with Crippen LogP contribution in [0.5, 0.6) is 0 Å². The van der Waals surface area contributed by atoms with Gasteiger partial charge >= 0.3 is 0 Å². The summed E-state index contributed by atoms with van der Waals surface area (Å²) in [5, 5.41) is 0. The quantitative estimate of drug-likeness (QED) is 0.677. The number of allylic oxidation sites excluding steroid dienone is 3. The van der Waals surface area contributed by atoms with E-state index in [4.69, 9.17) is 0 Å². The number of fused-ring (bicyclic) bond motifs is 1. The Morgan fingerprint density at radius 2 is 2.00 bits per heavy atom. The van der Waals surface area contributed by atoms with Crippen LogP contribution in [0.25, 0.3) is 6.08 Å². The number of hydrogen-bond acceptors (Lipinski definition) is 0. The second-order valence-corrected chi connectivity index (χ2v) is 4.36. The molecule has 0 saturated heterocycles. The van der Waals surface area contributed by atoms with Gasteiger partial charge in [0.15, 0.2) is 0 Å². The van der Waals surface area contributed by atoms with E-state index < -0.39 is 0 Å². The number of benzene rings is 1. The highest BCUT2D eigenvalue weighted by Crippen LogP contribution is 2.29. The fourth-order valence-electron chi connectivity index (χ4n) is 2.43. The van der Waals surface area contributed by atoms with Crippen molar-refractivity contribution in [2.45, 2.75) is 39.5 Å². The first-order valence-corrected chi connectivity index (χ1v) is 6.33. The van der Waals surface area contributed by atoms with E-state index in [0.29, 0.717) is 0 Å². The smallest absolute Gasteiger partial charge is 0.0222 e. The van der Waals surface area contributed by atoms with Crippen LogP contribution in [-0.4, -0.2) is 0 Å². The molecule has 1 aromatic carbocycles. The van der Waals surface area contributed by atoms with Gasteiger partial charge in [-0.05, 0) is 48.0 Å². The van der Waals surface area contributed by atoms with Gasteiger partial charge in [-0.1, -0.05) is 50.3 Å². The van der Waals surface area contributed by atoms with Crippen molar-refractivity contribution in [1.82, 2.24) is 0 Å². The van der Waals surface area contributed by atoms with Crippen LogP contribution in [0.1, 0.15) is 44.2 Å². The minimum Gasteiger partial charge on any atom is -0.0813 e. The summed E-state index contributed by atoms with van der Waals surface area (Å²) in [6.45, 7) is 4.47. The third kappa shape index (κ3) is 2.27. The zero-order valence-corrected chi connectivity index (χ0v) is 10.3. The molecule has 0 saturated carbocycles. The molecule has 0 N–H and O–H groups in total. The first-order valence-electron chi connectivity index (χ1n) is 6.33. The lowest BCUT2D eigenvalue weighted by Crippen LogP contribution is -2.01. The minimum atomic E-state index is 1.14. The molecule has 1 aromatic rings. The van der Waals surface area contributed by atoms with E-state index in [1.807, 2.05) is 0 Å². The maximum absolute atomic E-state index is 2.38. The lowest BCUT2D eigenvalue weighted by Gasteiger charge is -2.18. The number of hydrogen-bond donors (Lipinski definition) is 0. The molecule has 0 unspecified atom stereocenters. The Bertz CT molecular complexity index is 421. The zero-order chi connectivity index (χ0) is 11.4. The summed E-state index contributed by atoms with van der Waals surface area (Å²) >= 11 is 0. The second kappa shape index (κ2) is 5.16. The summed E-state index contributed by atoms with van der Waals surface area (Å²) in [5.41, 5.74) is 6.00. The fourth-order valence-corrected chi connectivity index (χ4v) is 2.43. The maximum Gasteiger partial charge on any atom is -0.0222 e. The normalized spacial score (nSPS) is 15.6. The molecule has 0 amide bonds. The lowest BCUT2D eigenvalue weighted by atomic mass is 9.87. The van der Waals surface area contributed by atoms with E-state index in [1.165, 1.54) is 29.5 Å². The highest BCUT2D eigenvalue weighted by Gasteiger charge is 2.11. The van der Waals surface area contributed by atoms with Gasteiger partial charge in [-0.2, -0.15) is 0 Å². The van der Waals surface area contributed by atoms with E-state index in [9.17, 15) is 0 Å². The largest absolute Gasteiger partial charge is 0.0813 e. The predicted molar refractivity (Wildman–Crippen MR) is 71.4 cm³/mol. The monoisotopic (exact) mass is 212 g/mol. The predicted octanol–water partition coefficient (Wildman–Crippen LogP) is 4.76. The lowest BCUT2D eigenvalue weighted by molar-refractivity contribution is 0.906. The van der Waals surface area contributed by atoms with Crippen molar-refractivity contribution >= 4 is 6.08 Å². The van der Waals surface area contributed by atoms with Gasteiger partial charge in [0, 0.05) is 0 Å². The first kappa shape index (κ1) is 11.2. The minimum absolute atomic E-state index is 1.14. The van der Waals surface area contributed by atoms with Gasteiger partial charge < -0.3 is 0 Å². The Hall–Kier alpha value is -1.30. The van der Waals surface area contributed by atoms with Crippen LogP contribution in [0.15, 0.2) is 41.5 Å². The van der Waals surface area contributed by atoms with Crippen molar-refractivity contribution in [3.05, 3.63) is 52.6 Å². The van der Waals surface area contributed by atoms with E-state index >= 15 is 0 Å². The fraction of sp³-hybridized carbons (Fsp3) is 0.375. The molecule has 1 aliphatic carbocycles. The highest BCUT2D eigenvalue weighted by atomic mass is 14.2. The molecule has 0 radical (unpaired) electrons. The first-order chi connectivity index (χ1) is 7.85. The Balaban J connectivity index is 2.33. The zero-order valence-electron chi connectivity index (χ0n) is 10.3. The average molecular weight is 212 g/mol. The van der Waals surface area contributed by atoms with E-state index in [2.05, 4.69) is 50.3 Å². The SMILES string of the molecule is CCC=C(CC)C1=Cc2ccccc2CC1. The van der Waals surface area contributed by atoms with Crippen molar-refractivity contribution in [2.75, 3.05) is 0 Å². The van der Waals surface area contributed by atoms with Crippen LogP contribution in [0.2, 0.25) is 0 Å². The van der Waals surface area contributed by atoms with Gasteiger partial charge in [0.25, 0.3) is 0 Å². The average Bonchev–Trinajstić information content (AvgIpc) is 2.35. The third-order valence-electron chi connectivity index (χ3n) is 3.29. The standard InChI is InChI=1S/C16H20/c1-3-7-13(4-2)16-11-10-14-8-5-6-9-15(14)12-16/h5-9,12H,3-4,10-11H2,1-2H3. The molecule has 0 fully saturated rings. The van der Waals surface area contributed by atoms with E-state index in [-0.39, 0.29) is 0 Å². The summed E-state index contributed by atoms with van der Waals surface area (Å²) in [7, 11) is 0. The van der Waals surface area contributed by atoms with Crippen molar-refractivity contribution in [3.63, 3.8) is 0 Å². The van der Waals surface area contributed by atoms with Gasteiger partial charge in [-0.3, -0.25) is 0 Å². The summed E-state index contributed by atoms with van der Waals surface area (Å²) in [4.78, 5) is 0. The van der Waals surface area contributed by atoms with Gasteiger partial charge in [0.1, 0.15) is 0 Å². The Morgan fingerprint density at radius 1 is 1.19 bits per heavy atom. The molecule has 0 heteroatoms. The van der Waals surface area contributed by atoms with Gasteiger partial charge in [0.2, 0.25) is 0 Å². The molecule has 1 aliphatic rings. The van der Waals surface area contributed by atoms with Gasteiger partial charge in [-0.25, -0.2) is 0 Å². The molecular formula is C16H20. The molecular weight excluding hydrogens is 192 g/mol. The summed E-state index contributed by atoms with van der Waals surface area (Å²) < 4.78 is 0. The molecule has 0 bridgehead atoms. The van der Waals surface area contributed by atoms with Crippen LogP contribution >= 0.6 is 0 Å². The van der Waals surface area contributed by atoms with Crippen LogP contribution in [0, 0.1) is 0 Å². The van der Waals surface area contributed by atoms with Crippen molar-refractivity contribution in [3.8, 4) is 0 Å². The van der Waals surface area contributed by atoms with Crippen LogP contribution in [0.3, 0.4) is 0 Å². The Morgan fingerprint density at radius 3 is 2.75 bits per heavy atom. The molecule has 16 heavy (non-hydrogen) atoms. The van der Waals surface area contributed by atoms with Gasteiger partial charge in [-0.15, -0.1) is 0 Å². The topological polar surface area (TPSA) is 0 Å². The molecule has 0 aromatic heterocycles. The number of aryl methyl sites for hydroxylation is 1. The maximum atomic E-state index is 2.38. The molecule has 0 nitrogen and oxygen atoms in total. The second-order valence-electron chi connectivity index (χ2n) is 4.36. The molecule has 0 spiro atoms. The van der Waals surface area contributed by atoms with Crippen molar-refractivity contribution in [1.29, 1.82) is 0 Å². The molecule has 84 valence electrons. The van der Waals surface area contributed by atoms with Crippen molar-refractivity contribution in [2.24, 2.45) is 0 Å². The molecule has 2 rings (SSSR count). The summed E-state index contributed by atoms with van der Waals surface area (Å²) in [6.07, 6.45) is 9.45. The summed E-state index contributed by atoms with van der Waals surface area (Å²) in [5.74, 6) is 0. The molecule has 0 aliphatic heterocycles. The number of rotatable bonds is 3. The van der Waals surface area contributed by atoms with Gasteiger partial charge in [0.05, 0.1) is 0 Å². The molecule has 0 atom stereocenters. The van der Waals surface area contributed by atoms with E-state index in [0.717, 1.165) is 12.8 Å². The Labute approximate surface area is 98.7 Å².